The van der Waals surface area contributed by atoms with E-state index in [1.54, 1.807) is 16.8 Å². The maximum atomic E-state index is 10.8. The lowest BCUT2D eigenvalue weighted by Crippen LogP contribution is -2.36. The molecule has 1 unspecified atom stereocenters. The molecule has 1 aromatic rings. The van der Waals surface area contributed by atoms with Crippen molar-refractivity contribution >= 4 is 25.0 Å². The van der Waals surface area contributed by atoms with E-state index in [9.17, 15) is 15.0 Å². The second kappa shape index (κ2) is 10.5. The first kappa shape index (κ1) is 24.6. The first-order chi connectivity index (χ1) is 14.0. The monoisotopic (exact) mass is 443 g/mol. The average Bonchev–Trinajstić information content (AvgIpc) is 2.93. The molecule has 1 aromatic heterocycles. The Morgan fingerprint density at radius 2 is 2.10 bits per heavy atom. The molecular formula is C19H34N5O5P. The van der Waals surface area contributed by atoms with E-state index >= 15 is 0 Å². The fourth-order valence-corrected chi connectivity index (χ4v) is 4.16. The minimum Gasteiger partial charge on any atom is -0.480 e. The van der Waals surface area contributed by atoms with Gasteiger partial charge in [-0.1, -0.05) is 0 Å². The van der Waals surface area contributed by atoms with E-state index in [4.69, 9.17) is 21.3 Å². The van der Waals surface area contributed by atoms with Crippen LogP contribution in [0.5, 0.6) is 0 Å². The highest BCUT2D eigenvalue weighted by molar-refractivity contribution is 7.72. The largest absolute Gasteiger partial charge is 0.480 e. The highest BCUT2D eigenvalue weighted by Gasteiger charge is 2.43. The summed E-state index contributed by atoms with van der Waals surface area (Å²) in [6.45, 7) is 3.33. The molecule has 10 nitrogen and oxygen atoms in total. The standard InChI is InChI=1S/C19H34N5O5P/c1-30(2,3)11-8-13-15(25)16(26)17(29-13)24-10-7-14(21)23-19(24)22-9-5-4-6-12(20)18(27)28/h7,10,12-13,15-17,25-26H,1,4-6,8-9,11,20H2,2-3H3,(H,27,28)(H2,21,22,23)/t12?,13-,15-,16-,17-/m1/s1. The molecule has 2 heterocycles. The molecule has 0 aromatic carbocycles. The molecule has 170 valence electrons. The van der Waals surface area contributed by atoms with Crippen LogP contribution in [0.3, 0.4) is 0 Å². The number of aliphatic hydroxyl groups excluding tert-OH is 2. The van der Waals surface area contributed by atoms with Gasteiger partial charge in [0.15, 0.2) is 6.23 Å². The van der Waals surface area contributed by atoms with Gasteiger partial charge in [0.1, 0.15) is 24.1 Å². The molecule has 0 aliphatic carbocycles. The van der Waals surface area contributed by atoms with E-state index in [-0.39, 0.29) is 11.4 Å². The maximum absolute atomic E-state index is 10.8. The fraction of sp³-hybridized carbons (Fsp3) is 0.684. The first-order valence-corrected chi connectivity index (χ1v) is 13.1. The van der Waals surface area contributed by atoms with Crippen LogP contribution in [0.25, 0.3) is 0 Å². The molecule has 0 saturated carbocycles. The number of aliphatic hydroxyl groups is 2. The van der Waals surface area contributed by atoms with Gasteiger partial charge in [0.2, 0.25) is 5.62 Å². The second-order valence-corrected chi connectivity index (χ2v) is 12.7. The summed E-state index contributed by atoms with van der Waals surface area (Å²) in [5, 5.41) is 29.8. The smallest absolute Gasteiger partial charge is 0.320 e. The van der Waals surface area contributed by atoms with E-state index in [1.807, 2.05) is 0 Å². The summed E-state index contributed by atoms with van der Waals surface area (Å²) in [6.07, 6.45) is 5.37. The number of aromatic nitrogens is 2. The van der Waals surface area contributed by atoms with Crippen LogP contribution in [0.15, 0.2) is 17.3 Å². The van der Waals surface area contributed by atoms with Gasteiger partial charge in [-0.25, -0.2) is 0 Å². The molecule has 5 atom stereocenters. The van der Waals surface area contributed by atoms with Gasteiger partial charge in [-0.3, -0.25) is 14.4 Å². The highest BCUT2D eigenvalue weighted by Crippen LogP contribution is 2.39. The Morgan fingerprint density at radius 3 is 2.73 bits per heavy atom. The van der Waals surface area contributed by atoms with Crippen molar-refractivity contribution in [2.45, 2.75) is 56.3 Å². The summed E-state index contributed by atoms with van der Waals surface area (Å²) in [5.74, 6) is -0.752. The zero-order valence-electron chi connectivity index (χ0n) is 17.6. The topological polar surface area (TPSA) is 169 Å². The average molecular weight is 443 g/mol. The fourth-order valence-electron chi connectivity index (χ4n) is 3.20. The quantitative estimate of drug-likeness (QED) is 0.242. The summed E-state index contributed by atoms with van der Waals surface area (Å²) < 4.78 is 7.53. The molecule has 1 fully saturated rings. The van der Waals surface area contributed by atoms with Gasteiger partial charge < -0.3 is 31.5 Å². The van der Waals surface area contributed by atoms with Crippen LogP contribution >= 0.6 is 6.89 Å². The lowest BCUT2D eigenvalue weighted by atomic mass is 10.1. The normalized spacial score (nSPS) is 26.1. The lowest BCUT2D eigenvalue weighted by molar-refractivity contribution is -0.138. The van der Waals surface area contributed by atoms with Gasteiger partial charge >= 0.3 is 5.97 Å². The predicted molar refractivity (Wildman–Crippen MR) is 118 cm³/mol. The number of aliphatic carboxylic acids is 1. The Balaban J connectivity index is 2.10. The summed E-state index contributed by atoms with van der Waals surface area (Å²) >= 11 is 0. The Hall–Kier alpha value is -1.71. The number of ether oxygens (including phenoxy) is 1. The van der Waals surface area contributed by atoms with Crippen molar-refractivity contribution in [1.29, 1.82) is 0 Å². The van der Waals surface area contributed by atoms with Crippen molar-refractivity contribution in [2.75, 3.05) is 31.8 Å². The Morgan fingerprint density at radius 1 is 1.40 bits per heavy atom. The summed E-state index contributed by atoms with van der Waals surface area (Å²) in [4.78, 5) is 19.4. The van der Waals surface area contributed by atoms with Gasteiger partial charge in [0, 0.05) is 12.7 Å². The number of nitrogen functional groups attached to an aromatic ring is 1. The molecular weight excluding hydrogens is 409 g/mol. The molecule has 0 amide bonds. The molecule has 1 saturated heterocycles. The van der Waals surface area contributed by atoms with Crippen LogP contribution in [0.1, 0.15) is 31.9 Å². The van der Waals surface area contributed by atoms with Gasteiger partial charge in [-0.15, -0.1) is 13.2 Å². The number of carbonyl (C=O) groups is 1. The van der Waals surface area contributed by atoms with Crippen molar-refractivity contribution in [3.8, 4) is 0 Å². The van der Waals surface area contributed by atoms with Crippen LogP contribution in [-0.2, 0) is 9.53 Å². The third-order valence-corrected chi connectivity index (χ3v) is 6.46. The summed E-state index contributed by atoms with van der Waals surface area (Å²) in [7, 11) is 0. The lowest BCUT2D eigenvalue weighted by Gasteiger charge is -2.19. The zero-order valence-corrected chi connectivity index (χ0v) is 18.5. The van der Waals surface area contributed by atoms with Gasteiger partial charge in [0.05, 0.1) is 6.10 Å². The number of nitrogens with zero attached hydrogens (tertiary/aromatic N) is 3. The molecule has 11 heteroatoms. The third kappa shape index (κ3) is 6.92. The van der Waals surface area contributed by atoms with Crippen molar-refractivity contribution in [1.82, 2.24) is 9.55 Å². The molecule has 30 heavy (non-hydrogen) atoms. The molecule has 0 radical (unpaired) electrons. The molecule has 0 spiro atoms. The highest BCUT2D eigenvalue weighted by atomic mass is 31.2. The number of nitrogens with two attached hydrogens (primary N) is 2. The summed E-state index contributed by atoms with van der Waals surface area (Å²) in [5.41, 5.74) is 11.6. The third-order valence-electron chi connectivity index (χ3n) is 4.99. The number of carboxylic acid groups (broad SMARTS) is 1. The Kier molecular flexibility index (Phi) is 8.63. The van der Waals surface area contributed by atoms with Crippen molar-refractivity contribution < 1.29 is 24.9 Å². The Bertz CT molecular complexity index is 839. The SMILES string of the molecule is C=P(C)(C)CC[C@H]1O[C@@H](n2ccc(N)nc2=NCCCCC(N)C(=O)O)[C@H](O)[C@@H]1O. The number of carboxylic acids is 1. The van der Waals surface area contributed by atoms with Crippen molar-refractivity contribution in [2.24, 2.45) is 10.7 Å². The first-order valence-electron chi connectivity index (χ1n) is 10.0. The second-order valence-electron chi connectivity index (χ2n) is 8.38. The number of hydrogen-bond donors (Lipinski definition) is 5. The minimum atomic E-state index is -1.28. The molecule has 1 aliphatic heterocycles. The van der Waals surface area contributed by atoms with Gasteiger partial charge in [-0.2, -0.15) is 4.98 Å². The van der Waals surface area contributed by atoms with Gasteiger partial charge in [-0.05, 0) is 51.2 Å². The van der Waals surface area contributed by atoms with E-state index in [2.05, 4.69) is 29.6 Å². The number of anilines is 1. The molecule has 2 rings (SSSR count). The Labute approximate surface area is 176 Å². The van der Waals surface area contributed by atoms with Crippen LogP contribution in [0.2, 0.25) is 0 Å². The van der Waals surface area contributed by atoms with Crippen LogP contribution in [0, 0.1) is 0 Å². The van der Waals surface area contributed by atoms with E-state index in [0.29, 0.717) is 32.2 Å². The van der Waals surface area contributed by atoms with Crippen molar-refractivity contribution in [3.63, 3.8) is 0 Å². The van der Waals surface area contributed by atoms with E-state index in [0.717, 1.165) is 6.16 Å². The number of hydrogen-bond acceptors (Lipinski definition) is 8. The van der Waals surface area contributed by atoms with Crippen LogP contribution in [-0.4, -0.2) is 87.5 Å². The van der Waals surface area contributed by atoms with E-state index in [1.165, 1.54) is 0 Å². The zero-order chi connectivity index (χ0) is 22.5. The molecule has 0 bridgehead atoms. The maximum Gasteiger partial charge on any atom is 0.320 e. The predicted octanol–water partition coefficient (Wildman–Crippen LogP) is -0.333. The van der Waals surface area contributed by atoms with Crippen LogP contribution < -0.4 is 17.1 Å². The molecule has 1 aliphatic rings. The number of unbranched alkanes of at least 4 members (excludes halogenated alkanes) is 1. The molecule has 7 N–H and O–H groups in total. The van der Waals surface area contributed by atoms with Gasteiger partial charge in [0.25, 0.3) is 0 Å². The summed E-state index contributed by atoms with van der Waals surface area (Å²) in [6, 6.07) is 0.692. The minimum absolute atomic E-state index is 0.270. The van der Waals surface area contributed by atoms with Crippen molar-refractivity contribution in [3.05, 3.63) is 17.9 Å². The number of rotatable bonds is 10. The van der Waals surface area contributed by atoms with E-state index < -0.39 is 43.4 Å². The van der Waals surface area contributed by atoms with Crippen LogP contribution in [0.4, 0.5) is 5.82 Å².